The maximum atomic E-state index is 13.0. The van der Waals surface area contributed by atoms with E-state index in [0.29, 0.717) is 36.8 Å². The van der Waals surface area contributed by atoms with Crippen LogP contribution in [0.4, 0.5) is 0 Å². The quantitative estimate of drug-likeness (QED) is 0.554. The first kappa shape index (κ1) is 19.9. The zero-order valence-corrected chi connectivity index (χ0v) is 17.2. The summed E-state index contributed by atoms with van der Waals surface area (Å²) in [6, 6.07) is 13.4. The Morgan fingerprint density at radius 2 is 2.00 bits per heavy atom. The van der Waals surface area contributed by atoms with Crippen molar-refractivity contribution in [1.82, 2.24) is 9.88 Å². The van der Waals surface area contributed by atoms with E-state index >= 15 is 0 Å². The molecule has 1 aromatic heterocycles. The molecule has 3 rings (SSSR count). The number of methoxy groups -OCH3 is 1. The van der Waals surface area contributed by atoms with E-state index in [1.165, 1.54) is 16.9 Å². The number of benzene rings is 2. The zero-order valence-electron chi connectivity index (χ0n) is 16.3. The third-order valence-corrected chi connectivity index (χ3v) is 5.20. The molecule has 5 nitrogen and oxygen atoms in total. The molecule has 0 N–H and O–H groups in total. The minimum absolute atomic E-state index is 0.0323. The standard InChI is InChI=1S/C22H24N2O3S/c1-4-24(12-18-8-6-5-7-16(18)2)22(25)17-9-10-20(21(11-17)26-3)27-13-19-14-28-15-23-19/h5-11,14-15H,4,12-13H2,1-3H3. The first-order valence-electron chi connectivity index (χ1n) is 9.14. The molecule has 3 aromatic rings. The smallest absolute Gasteiger partial charge is 0.254 e. The van der Waals surface area contributed by atoms with Crippen LogP contribution in [0.2, 0.25) is 0 Å². The van der Waals surface area contributed by atoms with Gasteiger partial charge in [0.25, 0.3) is 5.91 Å². The second-order valence-corrected chi connectivity index (χ2v) is 7.10. The van der Waals surface area contributed by atoms with Gasteiger partial charge in [-0.1, -0.05) is 24.3 Å². The Bertz CT molecular complexity index is 925. The van der Waals surface area contributed by atoms with Crippen molar-refractivity contribution in [3.63, 3.8) is 0 Å². The summed E-state index contributed by atoms with van der Waals surface area (Å²) in [7, 11) is 1.57. The number of thiazole rings is 1. The van der Waals surface area contributed by atoms with Crippen molar-refractivity contribution < 1.29 is 14.3 Å². The first-order chi connectivity index (χ1) is 13.6. The molecule has 0 radical (unpaired) electrons. The summed E-state index contributed by atoms with van der Waals surface area (Å²) in [5.74, 6) is 1.09. The lowest BCUT2D eigenvalue weighted by atomic mass is 10.1. The predicted molar refractivity (Wildman–Crippen MR) is 111 cm³/mol. The second-order valence-electron chi connectivity index (χ2n) is 6.38. The SMILES string of the molecule is CCN(Cc1ccccc1C)C(=O)c1ccc(OCc2cscn2)c(OC)c1. The van der Waals surface area contributed by atoms with Gasteiger partial charge in [-0.2, -0.15) is 0 Å². The van der Waals surface area contributed by atoms with Crippen molar-refractivity contribution in [3.05, 3.63) is 75.7 Å². The number of amides is 1. The molecule has 28 heavy (non-hydrogen) atoms. The van der Waals surface area contributed by atoms with Crippen molar-refractivity contribution in [1.29, 1.82) is 0 Å². The number of ether oxygens (including phenoxy) is 2. The van der Waals surface area contributed by atoms with E-state index in [9.17, 15) is 4.79 Å². The van der Waals surface area contributed by atoms with Crippen molar-refractivity contribution in [2.45, 2.75) is 27.0 Å². The number of carbonyl (C=O) groups is 1. The fourth-order valence-corrected chi connectivity index (χ4v) is 3.43. The Morgan fingerprint density at radius 1 is 1.18 bits per heavy atom. The van der Waals surface area contributed by atoms with Crippen LogP contribution in [0.25, 0.3) is 0 Å². The molecule has 0 aliphatic heterocycles. The van der Waals surface area contributed by atoms with Gasteiger partial charge in [0.05, 0.1) is 18.3 Å². The highest BCUT2D eigenvalue weighted by molar-refractivity contribution is 7.07. The Kier molecular flexibility index (Phi) is 6.66. The van der Waals surface area contributed by atoms with Gasteiger partial charge in [-0.25, -0.2) is 4.98 Å². The van der Waals surface area contributed by atoms with Crippen LogP contribution in [0.5, 0.6) is 11.5 Å². The molecular formula is C22H24N2O3S. The van der Waals surface area contributed by atoms with Crippen LogP contribution in [-0.4, -0.2) is 29.4 Å². The summed E-state index contributed by atoms with van der Waals surface area (Å²) in [5, 5.41) is 1.94. The lowest BCUT2D eigenvalue weighted by molar-refractivity contribution is 0.0752. The first-order valence-corrected chi connectivity index (χ1v) is 10.1. The van der Waals surface area contributed by atoms with Gasteiger partial charge >= 0.3 is 0 Å². The molecule has 0 saturated carbocycles. The Balaban J connectivity index is 1.75. The summed E-state index contributed by atoms with van der Waals surface area (Å²) in [5.41, 5.74) is 5.53. The Hall–Kier alpha value is -2.86. The molecule has 0 bridgehead atoms. The minimum atomic E-state index is -0.0323. The number of aryl methyl sites for hydroxylation is 1. The molecule has 6 heteroatoms. The number of hydrogen-bond donors (Lipinski definition) is 0. The van der Waals surface area contributed by atoms with Gasteiger partial charge in [0.2, 0.25) is 0 Å². The van der Waals surface area contributed by atoms with E-state index in [0.717, 1.165) is 11.3 Å². The van der Waals surface area contributed by atoms with Crippen LogP contribution in [0.3, 0.4) is 0 Å². The van der Waals surface area contributed by atoms with Gasteiger partial charge in [0.1, 0.15) is 6.61 Å². The Labute approximate surface area is 169 Å². The van der Waals surface area contributed by atoms with Crippen molar-refractivity contribution in [2.24, 2.45) is 0 Å². The van der Waals surface area contributed by atoms with Crippen LogP contribution in [0, 0.1) is 6.92 Å². The largest absolute Gasteiger partial charge is 0.493 e. The topological polar surface area (TPSA) is 51.7 Å². The molecule has 146 valence electrons. The molecule has 0 saturated heterocycles. The molecule has 2 aromatic carbocycles. The number of rotatable bonds is 8. The van der Waals surface area contributed by atoms with Crippen LogP contribution in [0.15, 0.2) is 53.4 Å². The normalized spacial score (nSPS) is 10.5. The third kappa shape index (κ3) is 4.70. The summed E-state index contributed by atoms with van der Waals surface area (Å²) < 4.78 is 11.2. The van der Waals surface area contributed by atoms with E-state index in [1.807, 2.05) is 29.3 Å². The van der Waals surface area contributed by atoms with Crippen molar-refractivity contribution in [2.75, 3.05) is 13.7 Å². The van der Waals surface area contributed by atoms with E-state index in [1.54, 1.807) is 30.8 Å². The van der Waals surface area contributed by atoms with Gasteiger partial charge in [-0.3, -0.25) is 4.79 Å². The molecule has 0 aliphatic carbocycles. The highest BCUT2D eigenvalue weighted by Gasteiger charge is 2.18. The molecule has 1 amide bonds. The average Bonchev–Trinajstić information content (AvgIpc) is 3.24. The van der Waals surface area contributed by atoms with Gasteiger partial charge in [0.15, 0.2) is 11.5 Å². The maximum Gasteiger partial charge on any atom is 0.254 e. The average molecular weight is 397 g/mol. The molecular weight excluding hydrogens is 372 g/mol. The number of carbonyl (C=O) groups excluding carboxylic acids is 1. The molecule has 0 spiro atoms. The summed E-state index contributed by atoms with van der Waals surface area (Å²) in [6.45, 7) is 5.61. The highest BCUT2D eigenvalue weighted by Crippen LogP contribution is 2.29. The van der Waals surface area contributed by atoms with Gasteiger partial charge < -0.3 is 14.4 Å². The lowest BCUT2D eigenvalue weighted by Crippen LogP contribution is -2.30. The van der Waals surface area contributed by atoms with Gasteiger partial charge in [0, 0.05) is 24.0 Å². The van der Waals surface area contributed by atoms with Gasteiger partial charge in [-0.05, 0) is 43.2 Å². The summed E-state index contributed by atoms with van der Waals surface area (Å²) >= 11 is 1.53. The molecule has 1 heterocycles. The summed E-state index contributed by atoms with van der Waals surface area (Å²) in [6.07, 6.45) is 0. The monoisotopic (exact) mass is 396 g/mol. The van der Waals surface area contributed by atoms with Crippen molar-refractivity contribution in [3.8, 4) is 11.5 Å². The number of nitrogens with zero attached hydrogens (tertiary/aromatic N) is 2. The zero-order chi connectivity index (χ0) is 19.9. The fraction of sp³-hybridized carbons (Fsp3) is 0.273. The van der Waals surface area contributed by atoms with Crippen molar-refractivity contribution >= 4 is 17.2 Å². The second kappa shape index (κ2) is 9.37. The molecule has 0 aliphatic rings. The lowest BCUT2D eigenvalue weighted by Gasteiger charge is -2.22. The van der Waals surface area contributed by atoms with Gasteiger partial charge in [-0.15, -0.1) is 11.3 Å². The molecule has 0 unspecified atom stereocenters. The highest BCUT2D eigenvalue weighted by atomic mass is 32.1. The van der Waals surface area contributed by atoms with Crippen LogP contribution < -0.4 is 9.47 Å². The molecule has 0 fully saturated rings. The molecule has 0 atom stereocenters. The number of aromatic nitrogens is 1. The van der Waals surface area contributed by atoms with E-state index in [-0.39, 0.29) is 5.91 Å². The van der Waals surface area contributed by atoms with Crippen LogP contribution >= 0.6 is 11.3 Å². The van der Waals surface area contributed by atoms with Crippen LogP contribution in [-0.2, 0) is 13.2 Å². The summed E-state index contributed by atoms with van der Waals surface area (Å²) in [4.78, 5) is 19.1. The predicted octanol–water partition coefficient (Wildman–Crippen LogP) is 4.70. The van der Waals surface area contributed by atoms with E-state index < -0.39 is 0 Å². The minimum Gasteiger partial charge on any atom is -0.493 e. The van der Waals surface area contributed by atoms with E-state index in [2.05, 4.69) is 24.0 Å². The number of hydrogen-bond acceptors (Lipinski definition) is 5. The third-order valence-electron chi connectivity index (χ3n) is 4.56. The van der Waals surface area contributed by atoms with Crippen LogP contribution in [0.1, 0.15) is 34.1 Å². The maximum absolute atomic E-state index is 13.0. The Morgan fingerprint density at radius 3 is 2.68 bits per heavy atom. The van der Waals surface area contributed by atoms with E-state index in [4.69, 9.17) is 9.47 Å². The fourth-order valence-electron chi connectivity index (χ4n) is 2.88.